The van der Waals surface area contributed by atoms with Gasteiger partial charge in [0.15, 0.2) is 12.4 Å². The van der Waals surface area contributed by atoms with Gasteiger partial charge in [0.05, 0.1) is 12.7 Å². The molecule has 2 amide bonds. The number of rotatable bonds is 8. The van der Waals surface area contributed by atoms with Crippen LogP contribution >= 0.6 is 0 Å². The van der Waals surface area contributed by atoms with Crippen LogP contribution in [0.2, 0.25) is 0 Å². The molecule has 2 heterocycles. The van der Waals surface area contributed by atoms with E-state index < -0.39 is 24.4 Å². The number of ether oxygens (including phenoxy) is 1. The molecular formula is C20H19N3O6. The van der Waals surface area contributed by atoms with E-state index in [-0.39, 0.29) is 24.6 Å². The van der Waals surface area contributed by atoms with Crippen molar-refractivity contribution < 1.29 is 28.1 Å². The van der Waals surface area contributed by atoms with E-state index in [1.54, 1.807) is 12.1 Å². The molecule has 9 nitrogen and oxygen atoms in total. The summed E-state index contributed by atoms with van der Waals surface area (Å²) in [6.07, 6.45) is 1.29. The Balaban J connectivity index is 1.38. The third-order valence-corrected chi connectivity index (χ3v) is 3.84. The predicted octanol–water partition coefficient (Wildman–Crippen LogP) is 2.54. The van der Waals surface area contributed by atoms with Gasteiger partial charge in [0.2, 0.25) is 5.88 Å². The molecule has 0 aliphatic heterocycles. The summed E-state index contributed by atoms with van der Waals surface area (Å²) >= 11 is 0. The zero-order chi connectivity index (χ0) is 20.6. The lowest BCUT2D eigenvalue weighted by molar-refractivity contribution is -0.147. The number of furan rings is 1. The van der Waals surface area contributed by atoms with E-state index in [2.05, 4.69) is 15.8 Å². The number of nitrogens with zero attached hydrogens (tertiary/aromatic N) is 1. The zero-order valence-electron chi connectivity index (χ0n) is 15.6. The minimum atomic E-state index is -0.627. The molecule has 0 atom stereocenters. The van der Waals surface area contributed by atoms with Crippen LogP contribution in [0.25, 0.3) is 11.3 Å². The molecule has 0 radical (unpaired) electrons. The maximum Gasteiger partial charge on any atom is 0.308 e. The van der Waals surface area contributed by atoms with Crippen LogP contribution in [0, 0.1) is 6.92 Å². The van der Waals surface area contributed by atoms with Crippen LogP contribution in [-0.2, 0) is 14.3 Å². The lowest BCUT2D eigenvalue weighted by Crippen LogP contribution is -2.27. The number of aromatic nitrogens is 1. The molecule has 0 spiro atoms. The second kappa shape index (κ2) is 9.36. The Morgan fingerprint density at radius 1 is 1.14 bits per heavy atom. The summed E-state index contributed by atoms with van der Waals surface area (Å²) in [5.74, 6) is -1.33. The molecular weight excluding hydrogens is 378 g/mol. The third kappa shape index (κ3) is 5.80. The fourth-order valence-corrected chi connectivity index (χ4v) is 2.36. The van der Waals surface area contributed by atoms with Gasteiger partial charge in [-0.05, 0) is 19.1 Å². The average Bonchev–Trinajstić information content (AvgIpc) is 3.39. The molecule has 3 aromatic rings. The van der Waals surface area contributed by atoms with E-state index in [0.717, 1.165) is 11.1 Å². The number of benzene rings is 1. The smallest absolute Gasteiger partial charge is 0.308 e. The van der Waals surface area contributed by atoms with Crippen molar-refractivity contribution in [1.82, 2.24) is 10.5 Å². The van der Waals surface area contributed by atoms with Gasteiger partial charge in [-0.3, -0.25) is 19.7 Å². The van der Waals surface area contributed by atoms with Crippen LogP contribution in [0.3, 0.4) is 0 Å². The van der Waals surface area contributed by atoms with E-state index in [4.69, 9.17) is 13.7 Å². The van der Waals surface area contributed by atoms with Gasteiger partial charge in [0.1, 0.15) is 5.69 Å². The summed E-state index contributed by atoms with van der Waals surface area (Å²) in [7, 11) is 0. The van der Waals surface area contributed by atoms with Crippen LogP contribution in [0.4, 0.5) is 5.88 Å². The van der Waals surface area contributed by atoms with E-state index >= 15 is 0 Å². The maximum absolute atomic E-state index is 11.9. The Kier molecular flexibility index (Phi) is 6.41. The Bertz CT molecular complexity index is 976. The van der Waals surface area contributed by atoms with E-state index in [9.17, 15) is 14.4 Å². The Labute approximate surface area is 166 Å². The standard InChI is InChI=1S/C20H19N3O6/c1-13-4-6-14(7-5-13)15-11-18(29-23-15)22-17(24)12-28-19(25)8-9-21-20(26)16-3-2-10-27-16/h2-7,10-11H,8-9,12H2,1H3,(H,21,26)(H,22,24). The zero-order valence-corrected chi connectivity index (χ0v) is 15.6. The quantitative estimate of drug-likeness (QED) is 0.560. The normalized spacial score (nSPS) is 10.4. The fraction of sp³-hybridized carbons (Fsp3) is 0.200. The van der Waals surface area contributed by atoms with E-state index in [0.29, 0.717) is 5.69 Å². The van der Waals surface area contributed by atoms with Crippen molar-refractivity contribution in [1.29, 1.82) is 0 Å². The first-order chi connectivity index (χ1) is 14.0. The van der Waals surface area contributed by atoms with Gasteiger partial charge in [0.25, 0.3) is 11.8 Å². The molecule has 0 bridgehead atoms. The van der Waals surface area contributed by atoms with Gasteiger partial charge in [-0.25, -0.2) is 0 Å². The Hall–Kier alpha value is -3.88. The Morgan fingerprint density at radius 3 is 2.66 bits per heavy atom. The van der Waals surface area contributed by atoms with Gasteiger partial charge >= 0.3 is 5.97 Å². The molecule has 29 heavy (non-hydrogen) atoms. The van der Waals surface area contributed by atoms with Gasteiger partial charge in [0, 0.05) is 18.2 Å². The van der Waals surface area contributed by atoms with Crippen molar-refractivity contribution in [3.63, 3.8) is 0 Å². The Morgan fingerprint density at radius 2 is 1.93 bits per heavy atom. The summed E-state index contributed by atoms with van der Waals surface area (Å²) in [5.41, 5.74) is 2.54. The lowest BCUT2D eigenvalue weighted by atomic mass is 10.1. The number of carbonyl (C=O) groups excluding carboxylic acids is 3. The third-order valence-electron chi connectivity index (χ3n) is 3.84. The van der Waals surface area contributed by atoms with Crippen molar-refractivity contribution in [3.05, 3.63) is 60.1 Å². The van der Waals surface area contributed by atoms with Crippen molar-refractivity contribution in [2.24, 2.45) is 0 Å². The molecule has 0 unspecified atom stereocenters. The summed E-state index contributed by atoms with van der Waals surface area (Å²) in [6, 6.07) is 12.3. The molecule has 2 aromatic heterocycles. The summed E-state index contributed by atoms with van der Waals surface area (Å²) in [4.78, 5) is 35.2. The first-order valence-electron chi connectivity index (χ1n) is 8.82. The summed E-state index contributed by atoms with van der Waals surface area (Å²) < 4.78 is 14.9. The molecule has 9 heteroatoms. The second-order valence-corrected chi connectivity index (χ2v) is 6.13. The number of esters is 1. The van der Waals surface area contributed by atoms with Crippen LogP contribution in [-0.4, -0.2) is 36.1 Å². The number of aryl methyl sites for hydroxylation is 1. The van der Waals surface area contributed by atoms with Crippen molar-refractivity contribution >= 4 is 23.7 Å². The molecule has 2 N–H and O–H groups in total. The van der Waals surface area contributed by atoms with Crippen LogP contribution < -0.4 is 10.6 Å². The van der Waals surface area contributed by atoms with Gasteiger partial charge in [-0.1, -0.05) is 35.0 Å². The number of nitrogens with one attached hydrogen (secondary N) is 2. The van der Waals surface area contributed by atoms with Crippen LogP contribution in [0.5, 0.6) is 0 Å². The van der Waals surface area contributed by atoms with Gasteiger partial charge in [-0.2, -0.15) is 0 Å². The highest BCUT2D eigenvalue weighted by Crippen LogP contribution is 2.21. The van der Waals surface area contributed by atoms with Gasteiger partial charge in [-0.15, -0.1) is 0 Å². The molecule has 1 aromatic carbocycles. The topological polar surface area (TPSA) is 124 Å². The molecule has 150 valence electrons. The van der Waals surface area contributed by atoms with E-state index in [1.807, 2.05) is 31.2 Å². The molecule has 0 saturated heterocycles. The fourth-order valence-electron chi connectivity index (χ4n) is 2.36. The number of hydrogen-bond acceptors (Lipinski definition) is 7. The van der Waals surface area contributed by atoms with Gasteiger partial charge < -0.3 is 19.0 Å². The van der Waals surface area contributed by atoms with Crippen LogP contribution in [0.1, 0.15) is 22.5 Å². The highest BCUT2D eigenvalue weighted by molar-refractivity contribution is 5.92. The van der Waals surface area contributed by atoms with Crippen LogP contribution in [0.15, 0.2) is 57.7 Å². The van der Waals surface area contributed by atoms with Crippen molar-refractivity contribution in [2.45, 2.75) is 13.3 Å². The first kappa shape index (κ1) is 19.9. The first-order valence-corrected chi connectivity index (χ1v) is 8.82. The second-order valence-electron chi connectivity index (χ2n) is 6.13. The minimum Gasteiger partial charge on any atom is -0.459 e. The largest absolute Gasteiger partial charge is 0.459 e. The molecule has 3 rings (SSSR count). The number of hydrogen-bond donors (Lipinski definition) is 2. The summed E-state index contributed by atoms with van der Waals surface area (Å²) in [6.45, 7) is 1.56. The van der Waals surface area contributed by atoms with E-state index in [1.165, 1.54) is 12.3 Å². The molecule has 0 saturated carbocycles. The number of carbonyl (C=O) groups is 3. The minimum absolute atomic E-state index is 0.0575. The highest BCUT2D eigenvalue weighted by Gasteiger charge is 2.13. The maximum atomic E-state index is 11.9. The lowest BCUT2D eigenvalue weighted by Gasteiger charge is -2.05. The average molecular weight is 397 g/mol. The molecule has 0 aliphatic carbocycles. The predicted molar refractivity (Wildman–Crippen MR) is 102 cm³/mol. The molecule has 0 fully saturated rings. The highest BCUT2D eigenvalue weighted by atomic mass is 16.5. The number of anilines is 1. The van der Waals surface area contributed by atoms with Crippen molar-refractivity contribution in [2.75, 3.05) is 18.5 Å². The monoisotopic (exact) mass is 397 g/mol. The van der Waals surface area contributed by atoms with Crippen molar-refractivity contribution in [3.8, 4) is 11.3 Å². The molecule has 0 aliphatic rings. The summed E-state index contributed by atoms with van der Waals surface area (Å²) in [5, 5.41) is 8.87. The number of amides is 2. The SMILES string of the molecule is Cc1ccc(-c2cc(NC(=O)COC(=O)CCNC(=O)c3ccco3)on2)cc1.